The molecule has 2 N–H and O–H groups in total. The average molecular weight is 290 g/mol. The van der Waals surface area contributed by atoms with Crippen molar-refractivity contribution in [3.05, 3.63) is 29.8 Å². The van der Waals surface area contributed by atoms with Crippen molar-refractivity contribution in [3.63, 3.8) is 0 Å². The van der Waals surface area contributed by atoms with Crippen molar-refractivity contribution in [2.45, 2.75) is 32.6 Å². The van der Waals surface area contributed by atoms with Crippen LogP contribution in [-0.2, 0) is 10.2 Å². The summed E-state index contributed by atoms with van der Waals surface area (Å²) in [6.45, 7) is 8.80. The Bertz CT molecular complexity index is 494. The molecule has 1 aliphatic rings. The number of amides is 1. The number of rotatable bonds is 4. The minimum absolute atomic E-state index is 0.0483. The Morgan fingerprint density at radius 1 is 1.43 bits per heavy atom. The molecule has 0 aliphatic carbocycles. The highest BCUT2D eigenvalue weighted by molar-refractivity contribution is 5.78. The molecule has 4 nitrogen and oxygen atoms in total. The second-order valence-corrected chi connectivity index (χ2v) is 6.80. The standard InChI is InChI=1S/C17H26N2O2/c1-17(2,3)14-5-4-6-15(9-14)21-12-16(20)19-8-7-13(10-18)11-19/h4-6,9,13H,7-8,10-12,18H2,1-3H3/t13-/m0/s1. The van der Waals surface area contributed by atoms with Crippen LogP contribution >= 0.6 is 0 Å². The monoisotopic (exact) mass is 290 g/mol. The lowest BCUT2D eigenvalue weighted by Gasteiger charge is -2.20. The number of nitrogens with two attached hydrogens (primary N) is 1. The van der Waals surface area contributed by atoms with Gasteiger partial charge in [-0.2, -0.15) is 0 Å². The highest BCUT2D eigenvalue weighted by Gasteiger charge is 2.25. The molecule has 2 rings (SSSR count). The van der Waals surface area contributed by atoms with E-state index in [1.807, 2.05) is 23.1 Å². The average Bonchev–Trinajstić information content (AvgIpc) is 2.93. The van der Waals surface area contributed by atoms with Crippen LogP contribution in [0.5, 0.6) is 5.75 Å². The molecule has 1 aliphatic heterocycles. The molecule has 1 atom stereocenters. The molecule has 0 bridgehead atoms. The fourth-order valence-corrected chi connectivity index (χ4v) is 2.54. The first-order valence-electron chi connectivity index (χ1n) is 7.61. The second-order valence-electron chi connectivity index (χ2n) is 6.80. The van der Waals surface area contributed by atoms with Gasteiger partial charge in [-0.05, 0) is 42.0 Å². The van der Waals surface area contributed by atoms with Gasteiger partial charge in [0.2, 0.25) is 0 Å². The van der Waals surface area contributed by atoms with Crippen molar-refractivity contribution in [2.75, 3.05) is 26.2 Å². The normalized spacial score (nSPS) is 18.9. The summed E-state index contributed by atoms with van der Waals surface area (Å²) in [6.07, 6.45) is 1.00. The molecule has 4 heteroatoms. The number of carbonyl (C=O) groups excluding carboxylic acids is 1. The van der Waals surface area contributed by atoms with E-state index in [9.17, 15) is 4.79 Å². The van der Waals surface area contributed by atoms with Gasteiger partial charge < -0.3 is 15.4 Å². The zero-order valence-corrected chi connectivity index (χ0v) is 13.3. The van der Waals surface area contributed by atoms with Crippen LogP contribution in [0, 0.1) is 5.92 Å². The van der Waals surface area contributed by atoms with Gasteiger partial charge in [0.15, 0.2) is 6.61 Å². The highest BCUT2D eigenvalue weighted by atomic mass is 16.5. The van der Waals surface area contributed by atoms with Crippen LogP contribution in [0.1, 0.15) is 32.8 Å². The molecular formula is C17H26N2O2. The summed E-state index contributed by atoms with van der Waals surface area (Å²) < 4.78 is 5.66. The van der Waals surface area contributed by atoms with Crippen molar-refractivity contribution in [1.82, 2.24) is 4.90 Å². The summed E-state index contributed by atoms with van der Waals surface area (Å²) in [7, 11) is 0. The zero-order chi connectivity index (χ0) is 15.5. The number of likely N-dealkylation sites (tertiary alicyclic amines) is 1. The number of hydrogen-bond acceptors (Lipinski definition) is 3. The van der Waals surface area contributed by atoms with Crippen LogP contribution in [0.4, 0.5) is 0 Å². The van der Waals surface area contributed by atoms with Gasteiger partial charge >= 0.3 is 0 Å². The van der Waals surface area contributed by atoms with Crippen molar-refractivity contribution in [3.8, 4) is 5.75 Å². The number of hydrogen-bond donors (Lipinski definition) is 1. The van der Waals surface area contributed by atoms with E-state index in [-0.39, 0.29) is 17.9 Å². The maximum absolute atomic E-state index is 12.1. The molecule has 1 fully saturated rings. The molecule has 1 aromatic carbocycles. The van der Waals surface area contributed by atoms with E-state index in [0.717, 1.165) is 25.3 Å². The summed E-state index contributed by atoms with van der Waals surface area (Å²) in [5.74, 6) is 1.25. The zero-order valence-electron chi connectivity index (χ0n) is 13.3. The Hall–Kier alpha value is -1.55. The van der Waals surface area contributed by atoms with Gasteiger partial charge in [-0.3, -0.25) is 4.79 Å². The van der Waals surface area contributed by atoms with Gasteiger partial charge in [0.1, 0.15) is 5.75 Å². The largest absolute Gasteiger partial charge is 0.484 e. The molecule has 1 saturated heterocycles. The first-order chi connectivity index (χ1) is 9.90. The summed E-state index contributed by atoms with van der Waals surface area (Å²) in [4.78, 5) is 14.0. The van der Waals surface area contributed by atoms with Crippen LogP contribution in [0.15, 0.2) is 24.3 Å². The maximum Gasteiger partial charge on any atom is 0.260 e. The van der Waals surface area contributed by atoms with E-state index in [4.69, 9.17) is 10.5 Å². The summed E-state index contributed by atoms with van der Waals surface area (Å²) in [5.41, 5.74) is 6.93. The number of ether oxygens (including phenoxy) is 1. The molecular weight excluding hydrogens is 264 g/mol. The van der Waals surface area contributed by atoms with Crippen molar-refractivity contribution in [1.29, 1.82) is 0 Å². The van der Waals surface area contributed by atoms with Crippen LogP contribution in [-0.4, -0.2) is 37.0 Å². The number of benzene rings is 1. The predicted molar refractivity (Wildman–Crippen MR) is 84.4 cm³/mol. The lowest BCUT2D eigenvalue weighted by Crippen LogP contribution is -2.33. The third-order valence-electron chi connectivity index (χ3n) is 4.03. The first kappa shape index (κ1) is 15.8. The molecule has 0 spiro atoms. The predicted octanol–water partition coefficient (Wildman–Crippen LogP) is 2.17. The molecule has 1 aromatic rings. The van der Waals surface area contributed by atoms with Crippen LogP contribution in [0.3, 0.4) is 0 Å². The Kier molecular flexibility index (Phi) is 4.88. The topological polar surface area (TPSA) is 55.6 Å². The molecule has 0 unspecified atom stereocenters. The van der Waals surface area contributed by atoms with Crippen molar-refractivity contribution >= 4 is 5.91 Å². The lowest BCUT2D eigenvalue weighted by atomic mass is 9.87. The fraction of sp³-hybridized carbons (Fsp3) is 0.588. The molecule has 0 saturated carbocycles. The Labute approximate surface area is 127 Å². The van der Waals surface area contributed by atoms with Gasteiger partial charge in [-0.15, -0.1) is 0 Å². The fourth-order valence-electron chi connectivity index (χ4n) is 2.54. The van der Waals surface area contributed by atoms with Crippen molar-refractivity contribution in [2.24, 2.45) is 11.7 Å². The van der Waals surface area contributed by atoms with E-state index in [1.54, 1.807) is 0 Å². The van der Waals surface area contributed by atoms with Crippen LogP contribution < -0.4 is 10.5 Å². The number of nitrogens with zero attached hydrogens (tertiary/aromatic N) is 1. The molecule has 1 amide bonds. The van der Waals surface area contributed by atoms with E-state index < -0.39 is 0 Å². The second kappa shape index (κ2) is 6.48. The molecule has 116 valence electrons. The summed E-state index contributed by atoms with van der Waals surface area (Å²) in [5, 5.41) is 0. The van der Waals surface area contributed by atoms with Gasteiger partial charge in [0.05, 0.1) is 0 Å². The third-order valence-corrected chi connectivity index (χ3v) is 4.03. The van der Waals surface area contributed by atoms with Crippen molar-refractivity contribution < 1.29 is 9.53 Å². The molecule has 1 heterocycles. The minimum Gasteiger partial charge on any atom is -0.484 e. The Balaban J connectivity index is 1.90. The Morgan fingerprint density at radius 2 is 2.19 bits per heavy atom. The molecule has 21 heavy (non-hydrogen) atoms. The molecule has 0 radical (unpaired) electrons. The highest BCUT2D eigenvalue weighted by Crippen LogP contribution is 2.25. The van der Waals surface area contributed by atoms with Gasteiger partial charge in [0, 0.05) is 13.1 Å². The van der Waals surface area contributed by atoms with Gasteiger partial charge in [-0.25, -0.2) is 0 Å². The van der Waals surface area contributed by atoms with E-state index in [0.29, 0.717) is 12.5 Å². The Morgan fingerprint density at radius 3 is 2.81 bits per heavy atom. The SMILES string of the molecule is CC(C)(C)c1cccc(OCC(=O)N2CC[C@@H](CN)C2)c1. The summed E-state index contributed by atoms with van der Waals surface area (Å²) >= 11 is 0. The van der Waals surface area contributed by atoms with Gasteiger partial charge in [-0.1, -0.05) is 32.9 Å². The summed E-state index contributed by atoms with van der Waals surface area (Å²) in [6, 6.07) is 7.97. The smallest absolute Gasteiger partial charge is 0.260 e. The van der Waals surface area contributed by atoms with Crippen LogP contribution in [0.2, 0.25) is 0 Å². The first-order valence-corrected chi connectivity index (χ1v) is 7.61. The minimum atomic E-state index is 0.0483. The van der Waals surface area contributed by atoms with Gasteiger partial charge in [0.25, 0.3) is 5.91 Å². The number of carbonyl (C=O) groups is 1. The third kappa shape index (κ3) is 4.21. The maximum atomic E-state index is 12.1. The van der Waals surface area contributed by atoms with E-state index in [2.05, 4.69) is 26.8 Å². The van der Waals surface area contributed by atoms with Crippen LogP contribution in [0.25, 0.3) is 0 Å². The molecule has 0 aromatic heterocycles. The van der Waals surface area contributed by atoms with E-state index in [1.165, 1.54) is 5.56 Å². The van der Waals surface area contributed by atoms with E-state index >= 15 is 0 Å². The lowest BCUT2D eigenvalue weighted by molar-refractivity contribution is -0.132. The quantitative estimate of drug-likeness (QED) is 0.924.